The molecule has 0 saturated heterocycles. The number of aliphatic hydroxyl groups excluding tert-OH is 1. The third kappa shape index (κ3) is 2.88. The van der Waals surface area contributed by atoms with E-state index in [0.717, 1.165) is 5.56 Å². The Morgan fingerprint density at radius 1 is 1.26 bits per heavy atom. The highest BCUT2D eigenvalue weighted by molar-refractivity contribution is 7.86. The zero-order valence-electron chi connectivity index (χ0n) is 11.1. The molecule has 0 aliphatic heterocycles. The molecule has 1 aliphatic rings. The van der Waals surface area contributed by atoms with Crippen molar-refractivity contribution in [1.82, 2.24) is 0 Å². The summed E-state index contributed by atoms with van der Waals surface area (Å²) in [7, 11) is -3.86. The molecule has 1 aromatic carbocycles. The molecule has 5 heteroatoms. The van der Waals surface area contributed by atoms with Crippen LogP contribution in [0.15, 0.2) is 35.2 Å². The van der Waals surface area contributed by atoms with Crippen LogP contribution in [0.25, 0.3) is 0 Å². The van der Waals surface area contributed by atoms with Gasteiger partial charge < -0.3 is 5.11 Å². The molecule has 2 rings (SSSR count). The fraction of sp³-hybridized carbons (Fsp3) is 0.429. The van der Waals surface area contributed by atoms with Gasteiger partial charge in [-0.1, -0.05) is 29.8 Å². The summed E-state index contributed by atoms with van der Waals surface area (Å²) in [5, 5.41) is 9.41. The molecule has 0 atom stereocenters. The second-order valence-corrected chi connectivity index (χ2v) is 6.54. The zero-order valence-corrected chi connectivity index (χ0v) is 11.9. The average molecular weight is 282 g/mol. The molecule has 0 bridgehead atoms. The van der Waals surface area contributed by atoms with Crippen molar-refractivity contribution in [2.45, 2.75) is 37.2 Å². The van der Waals surface area contributed by atoms with E-state index in [2.05, 4.69) is 0 Å². The van der Waals surface area contributed by atoms with Gasteiger partial charge in [0.15, 0.2) is 0 Å². The molecular weight excluding hydrogens is 264 g/mol. The monoisotopic (exact) mass is 282 g/mol. The minimum atomic E-state index is -3.86. The second kappa shape index (κ2) is 5.07. The SMILES string of the molecule is Cc1ccc(S(=O)(=O)OC2(CO)CC=CC2)c(C)c1. The number of aliphatic hydroxyl groups is 1. The smallest absolute Gasteiger partial charge is 0.297 e. The quantitative estimate of drug-likeness (QED) is 0.678. The van der Waals surface area contributed by atoms with Crippen molar-refractivity contribution in [3.8, 4) is 0 Å². The van der Waals surface area contributed by atoms with Crippen molar-refractivity contribution >= 4 is 10.1 Å². The van der Waals surface area contributed by atoms with Gasteiger partial charge in [0, 0.05) is 0 Å². The van der Waals surface area contributed by atoms with Crippen LogP contribution in [0.5, 0.6) is 0 Å². The Balaban J connectivity index is 2.32. The van der Waals surface area contributed by atoms with Crippen LogP contribution in [0.3, 0.4) is 0 Å². The first-order valence-corrected chi connectivity index (χ1v) is 7.58. The maximum absolute atomic E-state index is 12.3. The molecule has 1 aliphatic carbocycles. The van der Waals surface area contributed by atoms with E-state index in [9.17, 15) is 13.5 Å². The van der Waals surface area contributed by atoms with Crippen LogP contribution in [-0.4, -0.2) is 25.7 Å². The molecule has 0 heterocycles. The van der Waals surface area contributed by atoms with Crippen molar-refractivity contribution in [3.05, 3.63) is 41.5 Å². The van der Waals surface area contributed by atoms with Gasteiger partial charge in [-0.05, 0) is 38.3 Å². The van der Waals surface area contributed by atoms with Gasteiger partial charge in [-0.15, -0.1) is 0 Å². The maximum atomic E-state index is 12.3. The van der Waals surface area contributed by atoms with E-state index in [0.29, 0.717) is 18.4 Å². The first-order chi connectivity index (χ1) is 8.88. The van der Waals surface area contributed by atoms with E-state index >= 15 is 0 Å². The molecular formula is C14H18O4S. The highest BCUT2D eigenvalue weighted by Crippen LogP contribution is 2.32. The van der Waals surface area contributed by atoms with Crippen LogP contribution in [0.2, 0.25) is 0 Å². The third-order valence-corrected chi connectivity index (χ3v) is 4.89. The van der Waals surface area contributed by atoms with Gasteiger partial charge in [-0.2, -0.15) is 8.42 Å². The van der Waals surface area contributed by atoms with E-state index in [4.69, 9.17) is 4.18 Å². The Morgan fingerprint density at radius 3 is 2.42 bits per heavy atom. The van der Waals surface area contributed by atoms with E-state index in [1.165, 1.54) is 0 Å². The minimum absolute atomic E-state index is 0.165. The molecule has 1 aromatic rings. The third-order valence-electron chi connectivity index (χ3n) is 3.32. The summed E-state index contributed by atoms with van der Waals surface area (Å²) in [6.07, 6.45) is 4.47. The van der Waals surface area contributed by atoms with Crippen LogP contribution in [0.4, 0.5) is 0 Å². The van der Waals surface area contributed by atoms with Crippen LogP contribution in [0, 0.1) is 13.8 Å². The molecule has 0 aromatic heterocycles. The van der Waals surface area contributed by atoms with Gasteiger partial charge in [0.05, 0.1) is 11.5 Å². The summed E-state index contributed by atoms with van der Waals surface area (Å²) in [5.74, 6) is 0. The number of aryl methyl sites for hydroxylation is 2. The van der Waals surface area contributed by atoms with Crippen LogP contribution in [0.1, 0.15) is 24.0 Å². The average Bonchev–Trinajstić information content (AvgIpc) is 2.77. The Labute approximate surface area is 113 Å². The lowest BCUT2D eigenvalue weighted by Gasteiger charge is -2.26. The Hall–Kier alpha value is -1.17. The standard InChI is InChI=1S/C14H18O4S/c1-11-5-6-13(12(2)9-11)19(16,17)18-14(10-15)7-3-4-8-14/h3-6,9,15H,7-8,10H2,1-2H3. The van der Waals surface area contributed by atoms with Gasteiger partial charge in [0.25, 0.3) is 10.1 Å². The number of hydrogen-bond acceptors (Lipinski definition) is 4. The molecule has 19 heavy (non-hydrogen) atoms. The van der Waals surface area contributed by atoms with Crippen molar-refractivity contribution < 1.29 is 17.7 Å². The lowest BCUT2D eigenvalue weighted by Crippen LogP contribution is -2.36. The molecule has 0 fully saturated rings. The largest absolute Gasteiger partial charge is 0.393 e. The van der Waals surface area contributed by atoms with Gasteiger partial charge in [0.1, 0.15) is 5.60 Å². The van der Waals surface area contributed by atoms with Crippen molar-refractivity contribution in [2.75, 3.05) is 6.61 Å². The minimum Gasteiger partial charge on any atom is -0.393 e. The summed E-state index contributed by atoms with van der Waals surface area (Å²) >= 11 is 0. The predicted octanol–water partition coefficient (Wildman–Crippen LogP) is 2.09. The van der Waals surface area contributed by atoms with Gasteiger partial charge >= 0.3 is 0 Å². The second-order valence-electron chi connectivity index (χ2n) is 5.03. The number of hydrogen-bond donors (Lipinski definition) is 1. The normalized spacial score (nSPS) is 17.8. The van der Waals surface area contributed by atoms with Crippen molar-refractivity contribution in [2.24, 2.45) is 0 Å². The Bertz CT molecular complexity index is 594. The van der Waals surface area contributed by atoms with E-state index < -0.39 is 15.7 Å². The summed E-state index contributed by atoms with van der Waals surface area (Å²) < 4.78 is 29.9. The maximum Gasteiger partial charge on any atom is 0.297 e. The van der Waals surface area contributed by atoms with Crippen molar-refractivity contribution in [3.63, 3.8) is 0 Å². The highest BCUT2D eigenvalue weighted by atomic mass is 32.2. The van der Waals surface area contributed by atoms with Gasteiger partial charge in [0.2, 0.25) is 0 Å². The summed E-state index contributed by atoms with van der Waals surface area (Å²) in [4.78, 5) is 0.165. The van der Waals surface area contributed by atoms with Crippen LogP contribution in [-0.2, 0) is 14.3 Å². The fourth-order valence-corrected chi connectivity index (χ4v) is 3.69. The van der Waals surface area contributed by atoms with E-state index in [1.54, 1.807) is 25.1 Å². The Kier molecular flexibility index (Phi) is 3.80. The van der Waals surface area contributed by atoms with E-state index in [-0.39, 0.29) is 11.5 Å². The molecule has 0 amide bonds. The topological polar surface area (TPSA) is 63.6 Å². The summed E-state index contributed by atoms with van der Waals surface area (Å²) in [6, 6.07) is 5.09. The first kappa shape index (κ1) is 14.2. The lowest BCUT2D eigenvalue weighted by atomic mass is 10.0. The van der Waals surface area contributed by atoms with Crippen LogP contribution < -0.4 is 0 Å². The number of benzene rings is 1. The van der Waals surface area contributed by atoms with Crippen molar-refractivity contribution in [1.29, 1.82) is 0 Å². The number of rotatable bonds is 4. The molecule has 0 spiro atoms. The summed E-state index contributed by atoms with van der Waals surface area (Å²) in [5.41, 5.74) is 0.616. The first-order valence-electron chi connectivity index (χ1n) is 6.17. The lowest BCUT2D eigenvalue weighted by molar-refractivity contribution is 0.0258. The van der Waals surface area contributed by atoms with Gasteiger partial charge in [-0.3, -0.25) is 4.18 Å². The Morgan fingerprint density at radius 2 is 1.89 bits per heavy atom. The molecule has 4 nitrogen and oxygen atoms in total. The van der Waals surface area contributed by atoms with Gasteiger partial charge in [-0.25, -0.2) is 0 Å². The molecule has 1 N–H and O–H groups in total. The molecule has 0 saturated carbocycles. The fourth-order valence-electron chi connectivity index (χ4n) is 2.26. The highest BCUT2D eigenvalue weighted by Gasteiger charge is 2.37. The zero-order chi connectivity index (χ0) is 14.1. The molecule has 104 valence electrons. The molecule has 0 radical (unpaired) electrons. The van der Waals surface area contributed by atoms with Crippen LogP contribution >= 0.6 is 0 Å². The summed E-state index contributed by atoms with van der Waals surface area (Å²) in [6.45, 7) is 3.33. The van der Waals surface area contributed by atoms with E-state index in [1.807, 2.05) is 19.1 Å². The molecule has 0 unspecified atom stereocenters. The predicted molar refractivity (Wildman–Crippen MR) is 72.4 cm³/mol.